The van der Waals surface area contributed by atoms with Crippen molar-refractivity contribution in [2.75, 3.05) is 58.9 Å². The second-order valence-electron chi connectivity index (χ2n) is 8.74. The van der Waals surface area contributed by atoms with Crippen LogP contribution in [0.2, 0.25) is 0 Å². The van der Waals surface area contributed by atoms with Gasteiger partial charge in [-0.15, -0.1) is 0 Å². The van der Waals surface area contributed by atoms with Gasteiger partial charge in [0.15, 0.2) is 0 Å². The van der Waals surface area contributed by atoms with Gasteiger partial charge >= 0.3 is 0 Å². The third-order valence-electron chi connectivity index (χ3n) is 6.56. The number of carbonyl (C=O) groups is 1. The highest BCUT2D eigenvalue weighted by Gasteiger charge is 2.41. The summed E-state index contributed by atoms with van der Waals surface area (Å²) in [7, 11) is 0. The van der Waals surface area contributed by atoms with E-state index >= 15 is 0 Å². The van der Waals surface area contributed by atoms with Crippen molar-refractivity contribution in [2.24, 2.45) is 17.8 Å². The third kappa shape index (κ3) is 5.18. The van der Waals surface area contributed by atoms with Gasteiger partial charge in [-0.3, -0.25) is 4.79 Å². The Morgan fingerprint density at radius 3 is 2.08 bits per heavy atom. The Morgan fingerprint density at radius 1 is 0.960 bits per heavy atom. The molecule has 1 saturated carbocycles. The van der Waals surface area contributed by atoms with Crippen LogP contribution in [-0.4, -0.2) is 85.6 Å². The van der Waals surface area contributed by atoms with Gasteiger partial charge in [0.1, 0.15) is 0 Å². The van der Waals surface area contributed by atoms with Crippen LogP contribution >= 0.6 is 0 Å². The average molecular weight is 351 g/mol. The van der Waals surface area contributed by atoms with Gasteiger partial charge in [-0.05, 0) is 50.7 Å². The topological polar surface area (TPSA) is 38.8 Å². The van der Waals surface area contributed by atoms with Gasteiger partial charge < -0.3 is 20.0 Å². The number of nitrogens with zero attached hydrogens (tertiary/aromatic N) is 3. The van der Waals surface area contributed by atoms with Crippen LogP contribution in [0, 0.1) is 17.8 Å². The van der Waals surface area contributed by atoms with E-state index in [1.165, 1.54) is 78.2 Å². The molecule has 0 bridgehead atoms. The predicted octanol–water partition coefficient (Wildman–Crippen LogP) is 1.50. The number of rotatable bonds is 7. The summed E-state index contributed by atoms with van der Waals surface area (Å²) in [5.74, 6) is 1.96. The van der Waals surface area contributed by atoms with Crippen LogP contribution < -0.4 is 5.32 Å². The van der Waals surface area contributed by atoms with Crippen LogP contribution in [0.25, 0.3) is 0 Å². The lowest BCUT2D eigenvalue weighted by Gasteiger charge is -2.34. The summed E-state index contributed by atoms with van der Waals surface area (Å²) in [4.78, 5) is 19.8. The Bertz CT molecular complexity index is 419. The van der Waals surface area contributed by atoms with E-state index < -0.39 is 0 Å². The summed E-state index contributed by atoms with van der Waals surface area (Å²) < 4.78 is 0. The van der Waals surface area contributed by atoms with Crippen molar-refractivity contribution in [1.29, 1.82) is 0 Å². The Balaban J connectivity index is 1.30. The van der Waals surface area contributed by atoms with Crippen LogP contribution in [0.4, 0.5) is 0 Å². The first kappa shape index (κ1) is 19.1. The van der Waals surface area contributed by atoms with E-state index in [9.17, 15) is 4.79 Å². The summed E-state index contributed by atoms with van der Waals surface area (Å²) in [6, 6.07) is 0.432. The average Bonchev–Trinajstić information content (AvgIpc) is 3.13. The second-order valence-corrected chi connectivity index (χ2v) is 8.74. The highest BCUT2D eigenvalue weighted by atomic mass is 16.1. The third-order valence-corrected chi connectivity index (χ3v) is 6.56. The number of hydrogen-bond donors (Lipinski definition) is 1. The molecule has 2 atom stereocenters. The molecule has 3 aliphatic rings. The van der Waals surface area contributed by atoms with Gasteiger partial charge in [-0.2, -0.15) is 0 Å². The number of likely N-dealkylation sites (tertiary alicyclic amines) is 1. The summed E-state index contributed by atoms with van der Waals surface area (Å²) in [6.07, 6.45) is 3.69. The molecular weight excluding hydrogens is 312 g/mol. The fourth-order valence-corrected chi connectivity index (χ4v) is 4.91. The maximum absolute atomic E-state index is 11.9. The van der Waals surface area contributed by atoms with Gasteiger partial charge in [0, 0.05) is 51.2 Å². The molecule has 5 heteroatoms. The molecule has 2 aliphatic heterocycles. The lowest BCUT2D eigenvalue weighted by molar-refractivity contribution is -0.124. The first-order valence-corrected chi connectivity index (χ1v) is 10.5. The van der Waals surface area contributed by atoms with Crippen molar-refractivity contribution in [3.8, 4) is 0 Å². The van der Waals surface area contributed by atoms with Crippen molar-refractivity contribution in [3.05, 3.63) is 0 Å². The van der Waals surface area contributed by atoms with Crippen LogP contribution in [-0.2, 0) is 4.79 Å². The largest absolute Gasteiger partial charge is 0.353 e. The Morgan fingerprint density at radius 2 is 1.52 bits per heavy atom. The quantitative estimate of drug-likeness (QED) is 0.755. The Labute approximate surface area is 154 Å². The summed E-state index contributed by atoms with van der Waals surface area (Å²) in [6.45, 7) is 17.4. The first-order valence-electron chi connectivity index (χ1n) is 10.5. The zero-order valence-corrected chi connectivity index (χ0v) is 16.5. The van der Waals surface area contributed by atoms with Crippen molar-refractivity contribution in [2.45, 2.75) is 46.1 Å². The molecule has 3 fully saturated rings. The van der Waals surface area contributed by atoms with Crippen LogP contribution in [0.5, 0.6) is 0 Å². The second kappa shape index (κ2) is 8.83. The molecule has 3 rings (SSSR count). The molecule has 5 nitrogen and oxygen atoms in total. The first-order chi connectivity index (χ1) is 12.0. The number of piperazine rings is 1. The van der Waals surface area contributed by atoms with Gasteiger partial charge in [-0.25, -0.2) is 0 Å². The van der Waals surface area contributed by atoms with E-state index in [0.29, 0.717) is 6.04 Å². The monoisotopic (exact) mass is 350 g/mol. The maximum Gasteiger partial charge on any atom is 0.222 e. The highest BCUT2D eigenvalue weighted by Crippen LogP contribution is 2.38. The van der Waals surface area contributed by atoms with Crippen molar-refractivity contribution >= 4 is 5.91 Å². The molecular formula is C20H38N4O. The fraction of sp³-hybridized carbons (Fsp3) is 0.950. The minimum absolute atomic E-state index is 0.108. The van der Waals surface area contributed by atoms with Gasteiger partial charge in [0.25, 0.3) is 0 Å². The number of likely N-dealkylation sites (N-methyl/N-ethyl adjacent to an activating group) is 1. The number of amides is 1. The fourth-order valence-electron chi connectivity index (χ4n) is 4.91. The normalized spacial score (nSPS) is 31.6. The van der Waals surface area contributed by atoms with Crippen LogP contribution in [0.15, 0.2) is 0 Å². The molecule has 0 aromatic carbocycles. The van der Waals surface area contributed by atoms with Gasteiger partial charge in [0.2, 0.25) is 5.91 Å². The summed E-state index contributed by atoms with van der Waals surface area (Å²) >= 11 is 0. The molecule has 0 aromatic rings. The van der Waals surface area contributed by atoms with Crippen molar-refractivity contribution in [1.82, 2.24) is 20.0 Å². The molecule has 144 valence electrons. The summed E-state index contributed by atoms with van der Waals surface area (Å²) in [5, 5.41) is 3.25. The zero-order valence-electron chi connectivity index (χ0n) is 16.5. The number of hydrogen-bond acceptors (Lipinski definition) is 4. The summed E-state index contributed by atoms with van der Waals surface area (Å²) in [5.41, 5.74) is 0. The predicted molar refractivity (Wildman–Crippen MR) is 103 cm³/mol. The van der Waals surface area contributed by atoms with E-state index in [0.717, 1.165) is 11.8 Å². The molecule has 1 aliphatic carbocycles. The minimum atomic E-state index is 0.108. The smallest absolute Gasteiger partial charge is 0.222 e. The number of nitrogens with one attached hydrogen (secondary N) is 1. The van der Waals surface area contributed by atoms with E-state index in [1.807, 2.05) is 13.8 Å². The maximum atomic E-state index is 11.9. The van der Waals surface area contributed by atoms with Crippen molar-refractivity contribution in [3.63, 3.8) is 0 Å². The molecule has 1 amide bonds. The van der Waals surface area contributed by atoms with E-state index in [4.69, 9.17) is 0 Å². The number of fused-ring (bicyclic) bond motifs is 1. The molecule has 2 saturated heterocycles. The van der Waals surface area contributed by atoms with E-state index in [-0.39, 0.29) is 11.8 Å². The molecule has 1 N–H and O–H groups in total. The standard InChI is InChI=1S/C20H38N4O/c1-4-22-8-10-23(11-9-22)6-5-7-24-14-17-12-19(13-18(17)15-24)21-20(25)16(2)3/h16-19H,4-15H2,1-3H3,(H,21,25). The number of carbonyl (C=O) groups excluding carboxylic acids is 1. The SMILES string of the molecule is CCN1CCN(CCCN2CC3CC(NC(=O)C(C)C)CC3C2)CC1. The van der Waals surface area contributed by atoms with Crippen LogP contribution in [0.3, 0.4) is 0 Å². The molecule has 25 heavy (non-hydrogen) atoms. The Hall–Kier alpha value is -0.650. The molecule has 2 heterocycles. The van der Waals surface area contributed by atoms with Gasteiger partial charge in [0.05, 0.1) is 0 Å². The van der Waals surface area contributed by atoms with Gasteiger partial charge in [-0.1, -0.05) is 20.8 Å². The minimum Gasteiger partial charge on any atom is -0.353 e. The Kier molecular flexibility index (Phi) is 6.75. The lowest BCUT2D eigenvalue weighted by Crippen LogP contribution is -2.46. The van der Waals surface area contributed by atoms with Crippen LogP contribution in [0.1, 0.15) is 40.0 Å². The molecule has 0 spiro atoms. The molecule has 0 radical (unpaired) electrons. The highest BCUT2D eigenvalue weighted by molar-refractivity contribution is 5.78. The molecule has 2 unspecified atom stereocenters. The lowest BCUT2D eigenvalue weighted by atomic mass is 10.0. The van der Waals surface area contributed by atoms with E-state index in [2.05, 4.69) is 26.9 Å². The van der Waals surface area contributed by atoms with Crippen molar-refractivity contribution < 1.29 is 4.79 Å². The zero-order chi connectivity index (χ0) is 17.8. The van der Waals surface area contributed by atoms with E-state index in [1.54, 1.807) is 0 Å². The molecule has 0 aromatic heterocycles.